The van der Waals surface area contributed by atoms with Gasteiger partial charge in [-0.1, -0.05) is 17.4 Å². The van der Waals surface area contributed by atoms with E-state index in [1.807, 2.05) is 19.0 Å². The predicted molar refractivity (Wildman–Crippen MR) is 141 cm³/mol. The van der Waals surface area contributed by atoms with E-state index < -0.39 is 25.6 Å². The summed E-state index contributed by atoms with van der Waals surface area (Å²) in [6.45, 7) is 0.800. The van der Waals surface area contributed by atoms with Crippen LogP contribution in [0, 0.1) is 0 Å². The van der Waals surface area contributed by atoms with Crippen molar-refractivity contribution < 1.29 is 26.4 Å². The zero-order valence-corrected chi connectivity index (χ0v) is 23.1. The molecule has 0 aliphatic carbocycles. The number of aromatic nitrogens is 1. The summed E-state index contributed by atoms with van der Waals surface area (Å²) < 4.78 is 55.5. The number of hydrogen-bond acceptors (Lipinski definition) is 9. The van der Waals surface area contributed by atoms with Crippen LogP contribution in [0.2, 0.25) is 0 Å². The molecule has 0 unspecified atom stereocenters. The molecule has 1 aromatic heterocycles. The molecule has 0 N–H and O–H groups in total. The van der Waals surface area contributed by atoms with Crippen LogP contribution in [0.3, 0.4) is 0 Å². The van der Waals surface area contributed by atoms with Crippen molar-refractivity contribution in [3.63, 3.8) is 0 Å². The van der Waals surface area contributed by atoms with Crippen LogP contribution in [0.5, 0.6) is 5.75 Å². The molecule has 35 heavy (non-hydrogen) atoms. The number of thiazole rings is 1. The molecule has 9 nitrogen and oxygen atoms in total. The van der Waals surface area contributed by atoms with E-state index in [4.69, 9.17) is 4.74 Å². The van der Waals surface area contributed by atoms with E-state index in [2.05, 4.69) is 4.98 Å². The number of hydrogen-bond donors (Lipinski definition) is 0. The van der Waals surface area contributed by atoms with E-state index in [9.17, 15) is 21.6 Å². The third-order valence-electron chi connectivity index (χ3n) is 5.08. The first-order valence-electron chi connectivity index (χ1n) is 10.3. The lowest BCUT2D eigenvalue weighted by Gasteiger charge is -2.22. The van der Waals surface area contributed by atoms with E-state index in [1.54, 1.807) is 24.3 Å². The highest BCUT2D eigenvalue weighted by Crippen LogP contribution is 2.33. The summed E-state index contributed by atoms with van der Waals surface area (Å²) in [7, 11) is -1.99. The third-order valence-corrected chi connectivity index (χ3v) is 8.98. The molecule has 0 saturated carbocycles. The molecule has 0 aliphatic rings. The van der Waals surface area contributed by atoms with Gasteiger partial charge in [-0.2, -0.15) is 0 Å². The van der Waals surface area contributed by atoms with E-state index >= 15 is 0 Å². The molecule has 2 aromatic carbocycles. The Morgan fingerprint density at radius 2 is 1.69 bits per heavy atom. The van der Waals surface area contributed by atoms with Gasteiger partial charge in [0.05, 0.1) is 27.4 Å². The van der Waals surface area contributed by atoms with Gasteiger partial charge in [0, 0.05) is 25.8 Å². The lowest BCUT2D eigenvalue weighted by atomic mass is 10.3. The third kappa shape index (κ3) is 7.14. The Hall–Kier alpha value is -2.25. The van der Waals surface area contributed by atoms with Crippen LogP contribution in [0.1, 0.15) is 6.42 Å². The average molecular weight is 562 g/mol. The molecule has 192 valence electrons. The maximum atomic E-state index is 13.2. The van der Waals surface area contributed by atoms with Crippen molar-refractivity contribution in [3.8, 4) is 5.75 Å². The van der Waals surface area contributed by atoms with Crippen molar-refractivity contribution >= 4 is 64.7 Å². The maximum absolute atomic E-state index is 13.2. The number of likely N-dealkylation sites (N-methyl/N-ethyl adjacent to an activating group) is 1. The molecule has 3 aromatic rings. The highest BCUT2D eigenvalue weighted by atomic mass is 35.5. The Balaban J connectivity index is 0.00000432. The molecule has 1 heterocycles. The second kappa shape index (κ2) is 11.7. The molecule has 13 heteroatoms. The van der Waals surface area contributed by atoms with Gasteiger partial charge in [0.25, 0.3) is 0 Å². The topological polar surface area (TPSA) is 114 Å². The normalized spacial score (nSPS) is 11.9. The lowest BCUT2D eigenvalue weighted by Crippen LogP contribution is -2.37. The van der Waals surface area contributed by atoms with Crippen LogP contribution in [-0.4, -0.2) is 78.9 Å². The molecular weight excluding hydrogens is 534 g/mol. The molecule has 0 spiro atoms. The number of methoxy groups -OCH3 is 1. The van der Waals surface area contributed by atoms with Crippen molar-refractivity contribution in [2.75, 3.05) is 51.2 Å². The van der Waals surface area contributed by atoms with E-state index in [-0.39, 0.29) is 40.9 Å². The number of para-hydroxylation sites is 1. The fourth-order valence-electron chi connectivity index (χ4n) is 3.21. The summed E-state index contributed by atoms with van der Waals surface area (Å²) in [5, 5.41) is 0.333. The number of carbonyl (C=O) groups excluding carboxylic acids is 1. The maximum Gasteiger partial charge on any atom is 0.229 e. The highest BCUT2D eigenvalue weighted by Gasteiger charge is 2.25. The van der Waals surface area contributed by atoms with Crippen LogP contribution in [0.4, 0.5) is 5.13 Å². The number of anilines is 1. The Bertz CT molecular complexity index is 1390. The molecule has 0 bridgehead atoms. The van der Waals surface area contributed by atoms with Crippen molar-refractivity contribution in [2.24, 2.45) is 0 Å². The van der Waals surface area contributed by atoms with Gasteiger partial charge in [-0.05, 0) is 50.5 Å². The van der Waals surface area contributed by atoms with Crippen LogP contribution in [0.15, 0.2) is 52.3 Å². The molecule has 0 saturated heterocycles. The zero-order chi connectivity index (χ0) is 25.1. The number of fused-ring (bicyclic) bond motifs is 1. The first-order chi connectivity index (χ1) is 15.9. The number of benzene rings is 2. The Morgan fingerprint density at radius 1 is 1.03 bits per heavy atom. The minimum absolute atomic E-state index is 0. The summed E-state index contributed by atoms with van der Waals surface area (Å²) >= 11 is 1.20. The van der Waals surface area contributed by atoms with Gasteiger partial charge >= 0.3 is 0 Å². The van der Waals surface area contributed by atoms with Crippen molar-refractivity contribution in [1.82, 2.24) is 9.88 Å². The van der Waals surface area contributed by atoms with Crippen molar-refractivity contribution in [3.05, 3.63) is 42.5 Å². The molecule has 0 radical (unpaired) electrons. The smallest absolute Gasteiger partial charge is 0.229 e. The fraction of sp³-hybridized carbons (Fsp3) is 0.364. The second-order valence-electron chi connectivity index (χ2n) is 7.96. The second-order valence-corrected chi connectivity index (χ2v) is 13.1. The molecule has 0 fully saturated rings. The minimum Gasteiger partial charge on any atom is -0.497 e. The summed E-state index contributed by atoms with van der Waals surface area (Å²) in [5.41, 5.74) is 0.304. The first kappa shape index (κ1) is 29.0. The quantitative estimate of drug-likeness (QED) is 0.371. The SMILES string of the molecule is COc1ccc(S(=O)(=O)CCC(=O)N(CCN(C)C)c2nc3c(S(C)(=O)=O)cccc3s2)cc1.Cl. The Morgan fingerprint density at radius 3 is 2.26 bits per heavy atom. The van der Waals surface area contributed by atoms with Gasteiger partial charge in [-0.25, -0.2) is 21.8 Å². The standard InChI is InChI=1S/C22H27N3O6S3.ClH/c1-24(2)13-14-25(22-23-21-18(32-22)6-5-7-19(21)33(4,27)28)20(26)12-15-34(29,30)17-10-8-16(31-3)9-11-17;/h5-11H,12-15H2,1-4H3;1H. The Kier molecular flexibility index (Phi) is 9.65. The number of amides is 1. The monoisotopic (exact) mass is 561 g/mol. The number of sulfone groups is 2. The molecular formula is C22H28ClN3O6S3. The zero-order valence-electron chi connectivity index (χ0n) is 19.8. The molecule has 1 amide bonds. The van der Waals surface area contributed by atoms with Gasteiger partial charge in [0.1, 0.15) is 11.3 Å². The van der Waals surface area contributed by atoms with Gasteiger partial charge in [0.15, 0.2) is 24.8 Å². The number of rotatable bonds is 10. The van der Waals surface area contributed by atoms with Crippen molar-refractivity contribution in [1.29, 1.82) is 0 Å². The van der Waals surface area contributed by atoms with Crippen LogP contribution in [-0.2, 0) is 24.5 Å². The van der Waals surface area contributed by atoms with E-state index in [0.29, 0.717) is 27.6 Å². The lowest BCUT2D eigenvalue weighted by molar-refractivity contribution is -0.118. The van der Waals surface area contributed by atoms with E-state index in [1.165, 1.54) is 41.5 Å². The van der Waals surface area contributed by atoms with Crippen LogP contribution < -0.4 is 9.64 Å². The average Bonchev–Trinajstić information content (AvgIpc) is 3.20. The summed E-state index contributed by atoms with van der Waals surface area (Å²) in [5.74, 6) is -0.232. The highest BCUT2D eigenvalue weighted by molar-refractivity contribution is 7.91. The van der Waals surface area contributed by atoms with Gasteiger partial charge in [-0.15, -0.1) is 12.4 Å². The first-order valence-corrected chi connectivity index (χ1v) is 14.7. The van der Waals surface area contributed by atoms with Gasteiger partial charge in [0.2, 0.25) is 5.91 Å². The van der Waals surface area contributed by atoms with Crippen molar-refractivity contribution in [2.45, 2.75) is 16.2 Å². The summed E-state index contributed by atoms with van der Waals surface area (Å²) in [6, 6.07) is 10.9. The molecule has 0 atom stereocenters. The number of ether oxygens (including phenoxy) is 1. The van der Waals surface area contributed by atoms with Crippen LogP contribution in [0.25, 0.3) is 10.2 Å². The molecule has 0 aliphatic heterocycles. The molecule has 3 rings (SSSR count). The number of carbonyl (C=O) groups is 1. The van der Waals surface area contributed by atoms with Crippen LogP contribution >= 0.6 is 23.7 Å². The predicted octanol–water partition coefficient (Wildman–Crippen LogP) is 2.89. The summed E-state index contributed by atoms with van der Waals surface area (Å²) in [4.78, 5) is 21.2. The van der Waals surface area contributed by atoms with Gasteiger partial charge < -0.3 is 9.64 Å². The Labute approximate surface area is 216 Å². The van der Waals surface area contributed by atoms with Gasteiger partial charge in [-0.3, -0.25) is 9.69 Å². The largest absolute Gasteiger partial charge is 0.497 e. The number of nitrogens with zero attached hydrogens (tertiary/aromatic N) is 3. The minimum atomic E-state index is -3.69. The number of halogens is 1. The van der Waals surface area contributed by atoms with E-state index in [0.717, 1.165) is 6.26 Å². The fourth-order valence-corrected chi connectivity index (χ4v) is 6.37. The summed E-state index contributed by atoms with van der Waals surface area (Å²) in [6.07, 6.45) is 0.871.